The van der Waals surface area contributed by atoms with E-state index in [4.69, 9.17) is 5.73 Å². The smallest absolute Gasteiger partial charge is 0.0371 e. The van der Waals surface area contributed by atoms with Gasteiger partial charge in [-0.05, 0) is 62.6 Å². The predicted octanol–water partition coefficient (Wildman–Crippen LogP) is 3.88. The van der Waals surface area contributed by atoms with Crippen molar-refractivity contribution in [3.63, 3.8) is 0 Å². The molecule has 3 rings (SSSR count). The summed E-state index contributed by atoms with van der Waals surface area (Å²) >= 11 is 0. The summed E-state index contributed by atoms with van der Waals surface area (Å²) in [7, 11) is 0. The highest BCUT2D eigenvalue weighted by Gasteiger charge is 2.36. The second kappa shape index (κ2) is 6.17. The topological polar surface area (TPSA) is 29.3 Å². The molecule has 2 aliphatic heterocycles. The molecule has 1 aromatic rings. The summed E-state index contributed by atoms with van der Waals surface area (Å²) in [6.07, 6.45) is 10.2. The minimum Gasteiger partial charge on any atom is -0.365 e. The Morgan fingerprint density at radius 1 is 1.10 bits per heavy atom. The molecule has 0 saturated carbocycles. The lowest BCUT2D eigenvalue weighted by molar-refractivity contribution is 0.271. The highest BCUT2D eigenvalue weighted by atomic mass is 15.2. The molecule has 2 unspecified atom stereocenters. The Kier molecular flexibility index (Phi) is 4.30. The maximum absolute atomic E-state index is 6.22. The van der Waals surface area contributed by atoms with Crippen LogP contribution in [0.3, 0.4) is 0 Å². The van der Waals surface area contributed by atoms with Crippen LogP contribution >= 0.6 is 0 Å². The van der Waals surface area contributed by atoms with Crippen LogP contribution in [0, 0.1) is 0 Å². The predicted molar refractivity (Wildman–Crippen MR) is 86.2 cm³/mol. The summed E-state index contributed by atoms with van der Waals surface area (Å²) in [5.74, 6) is 0. The number of nitrogens with two attached hydrogens (primary N) is 1. The SMILES string of the molecule is CCCCc1ccc(N2C3CCCC2CC(N)C3)cc1. The molecule has 2 heteroatoms. The van der Waals surface area contributed by atoms with E-state index >= 15 is 0 Å². The lowest BCUT2D eigenvalue weighted by Crippen LogP contribution is -2.55. The van der Waals surface area contributed by atoms with Crippen molar-refractivity contribution >= 4 is 5.69 Å². The van der Waals surface area contributed by atoms with Crippen LogP contribution < -0.4 is 10.6 Å². The quantitative estimate of drug-likeness (QED) is 0.901. The van der Waals surface area contributed by atoms with Gasteiger partial charge in [0.15, 0.2) is 0 Å². The Bertz CT molecular complexity index is 412. The molecule has 0 amide bonds. The van der Waals surface area contributed by atoms with Crippen LogP contribution in [0.5, 0.6) is 0 Å². The summed E-state index contributed by atoms with van der Waals surface area (Å²) in [5, 5.41) is 0. The number of nitrogens with zero attached hydrogens (tertiary/aromatic N) is 1. The van der Waals surface area contributed by atoms with E-state index in [1.165, 1.54) is 62.6 Å². The summed E-state index contributed by atoms with van der Waals surface area (Å²) in [5.41, 5.74) is 9.12. The minimum absolute atomic E-state index is 0.422. The number of benzene rings is 1. The van der Waals surface area contributed by atoms with E-state index in [1.807, 2.05) is 0 Å². The van der Waals surface area contributed by atoms with Gasteiger partial charge in [-0.3, -0.25) is 0 Å². The van der Waals surface area contributed by atoms with Gasteiger partial charge in [0.1, 0.15) is 0 Å². The van der Waals surface area contributed by atoms with Gasteiger partial charge >= 0.3 is 0 Å². The van der Waals surface area contributed by atoms with Crippen LogP contribution in [-0.4, -0.2) is 18.1 Å². The molecule has 2 saturated heterocycles. The van der Waals surface area contributed by atoms with Gasteiger partial charge in [-0.25, -0.2) is 0 Å². The summed E-state index contributed by atoms with van der Waals surface area (Å²) in [6, 6.07) is 11.1. The van der Waals surface area contributed by atoms with Crippen molar-refractivity contribution in [1.29, 1.82) is 0 Å². The average molecular weight is 272 g/mol. The van der Waals surface area contributed by atoms with Crippen molar-refractivity contribution in [3.05, 3.63) is 29.8 Å². The third kappa shape index (κ3) is 2.85. The minimum atomic E-state index is 0.422. The Morgan fingerprint density at radius 3 is 2.35 bits per heavy atom. The number of fused-ring (bicyclic) bond motifs is 2. The lowest BCUT2D eigenvalue weighted by Gasteiger charge is -2.49. The first-order valence-electron chi connectivity index (χ1n) is 8.40. The molecule has 2 heterocycles. The van der Waals surface area contributed by atoms with E-state index in [-0.39, 0.29) is 0 Å². The molecule has 0 spiro atoms. The van der Waals surface area contributed by atoms with Gasteiger partial charge in [0.25, 0.3) is 0 Å². The number of rotatable bonds is 4. The van der Waals surface area contributed by atoms with Crippen molar-refractivity contribution in [2.45, 2.75) is 76.4 Å². The van der Waals surface area contributed by atoms with Crippen molar-refractivity contribution in [1.82, 2.24) is 0 Å². The first-order valence-corrected chi connectivity index (χ1v) is 8.40. The van der Waals surface area contributed by atoms with Crippen LogP contribution in [-0.2, 0) is 6.42 Å². The Balaban J connectivity index is 1.74. The zero-order valence-electron chi connectivity index (χ0n) is 12.7. The second-order valence-corrected chi connectivity index (χ2v) is 6.65. The molecule has 0 radical (unpaired) electrons. The molecule has 2 fully saturated rings. The van der Waals surface area contributed by atoms with Crippen molar-refractivity contribution < 1.29 is 0 Å². The van der Waals surface area contributed by atoms with E-state index < -0.39 is 0 Å². The zero-order valence-corrected chi connectivity index (χ0v) is 12.7. The summed E-state index contributed by atoms with van der Waals surface area (Å²) in [6.45, 7) is 2.26. The number of unbranched alkanes of at least 4 members (excludes halogenated alkanes) is 1. The molecule has 20 heavy (non-hydrogen) atoms. The Labute approximate surface area is 123 Å². The van der Waals surface area contributed by atoms with E-state index in [0.29, 0.717) is 18.1 Å². The van der Waals surface area contributed by atoms with Crippen LogP contribution in [0.2, 0.25) is 0 Å². The number of aryl methyl sites for hydroxylation is 1. The molecule has 1 aromatic carbocycles. The maximum Gasteiger partial charge on any atom is 0.0371 e. The zero-order chi connectivity index (χ0) is 13.9. The van der Waals surface area contributed by atoms with Gasteiger partial charge in [-0.15, -0.1) is 0 Å². The van der Waals surface area contributed by atoms with Crippen LogP contribution in [0.25, 0.3) is 0 Å². The third-order valence-electron chi connectivity index (χ3n) is 5.06. The van der Waals surface area contributed by atoms with Crippen molar-refractivity contribution in [2.75, 3.05) is 4.90 Å². The largest absolute Gasteiger partial charge is 0.365 e. The first kappa shape index (κ1) is 13.9. The van der Waals surface area contributed by atoms with Crippen LogP contribution in [0.1, 0.15) is 57.4 Å². The highest BCUT2D eigenvalue weighted by molar-refractivity contribution is 5.51. The Hall–Kier alpha value is -1.02. The van der Waals surface area contributed by atoms with Crippen LogP contribution in [0.4, 0.5) is 5.69 Å². The molecular weight excluding hydrogens is 244 g/mol. The van der Waals surface area contributed by atoms with E-state index in [0.717, 1.165) is 0 Å². The molecule has 2 nitrogen and oxygen atoms in total. The molecule has 2 N–H and O–H groups in total. The fourth-order valence-electron chi connectivity index (χ4n) is 4.06. The fourth-order valence-corrected chi connectivity index (χ4v) is 4.06. The summed E-state index contributed by atoms with van der Waals surface area (Å²) < 4.78 is 0. The second-order valence-electron chi connectivity index (χ2n) is 6.65. The van der Waals surface area contributed by atoms with E-state index in [2.05, 4.69) is 36.1 Å². The normalized spacial score (nSPS) is 29.5. The van der Waals surface area contributed by atoms with Crippen LogP contribution in [0.15, 0.2) is 24.3 Å². The highest BCUT2D eigenvalue weighted by Crippen LogP contribution is 2.37. The number of anilines is 1. The van der Waals surface area contributed by atoms with Gasteiger partial charge in [-0.2, -0.15) is 0 Å². The molecule has 2 bridgehead atoms. The van der Waals surface area contributed by atoms with Gasteiger partial charge in [-0.1, -0.05) is 25.5 Å². The van der Waals surface area contributed by atoms with Gasteiger partial charge in [0, 0.05) is 23.8 Å². The van der Waals surface area contributed by atoms with E-state index in [9.17, 15) is 0 Å². The molecule has 0 aliphatic carbocycles. The van der Waals surface area contributed by atoms with Crippen molar-refractivity contribution in [2.24, 2.45) is 5.73 Å². The molecule has 2 atom stereocenters. The molecule has 110 valence electrons. The van der Waals surface area contributed by atoms with Crippen molar-refractivity contribution in [3.8, 4) is 0 Å². The molecule has 2 aliphatic rings. The van der Waals surface area contributed by atoms with E-state index in [1.54, 1.807) is 0 Å². The number of hydrogen-bond acceptors (Lipinski definition) is 2. The lowest BCUT2D eigenvalue weighted by atomic mass is 9.81. The monoisotopic (exact) mass is 272 g/mol. The number of piperidine rings is 2. The van der Waals surface area contributed by atoms with Gasteiger partial charge in [0.05, 0.1) is 0 Å². The number of hydrogen-bond donors (Lipinski definition) is 1. The fraction of sp³-hybridized carbons (Fsp3) is 0.667. The molecular formula is C18H28N2. The van der Waals surface area contributed by atoms with Gasteiger partial charge in [0.2, 0.25) is 0 Å². The Morgan fingerprint density at radius 2 is 1.75 bits per heavy atom. The maximum atomic E-state index is 6.22. The summed E-state index contributed by atoms with van der Waals surface area (Å²) in [4.78, 5) is 2.68. The molecule has 0 aromatic heterocycles. The average Bonchev–Trinajstić information content (AvgIpc) is 2.45. The first-order chi connectivity index (χ1) is 9.78. The standard InChI is InChI=1S/C18H28N2/c1-2-3-5-14-8-10-16(11-9-14)20-17-6-4-7-18(20)13-15(19)12-17/h8-11,15,17-18H,2-7,12-13,19H2,1H3. The third-order valence-corrected chi connectivity index (χ3v) is 5.06. The van der Waals surface area contributed by atoms with Gasteiger partial charge < -0.3 is 10.6 Å².